The van der Waals surface area contributed by atoms with E-state index < -0.39 is 0 Å². The van der Waals surface area contributed by atoms with Gasteiger partial charge in [0.15, 0.2) is 0 Å². The Morgan fingerprint density at radius 2 is 2.12 bits per heavy atom. The summed E-state index contributed by atoms with van der Waals surface area (Å²) in [5, 5.41) is 3.54. The molecule has 0 amide bonds. The fourth-order valence-corrected chi connectivity index (χ4v) is 2.12. The smallest absolute Gasteiger partial charge is 0.0928 e. The molecular formula is C13H24N2O2. The van der Waals surface area contributed by atoms with Crippen LogP contribution in [0, 0.1) is 12.3 Å². The molecule has 1 unspecified atom stereocenters. The van der Waals surface area contributed by atoms with E-state index in [2.05, 4.69) is 16.1 Å². The zero-order valence-electron chi connectivity index (χ0n) is 10.9. The second-order valence-electron chi connectivity index (χ2n) is 4.48. The predicted molar refractivity (Wildman–Crippen MR) is 69.0 cm³/mol. The Labute approximate surface area is 105 Å². The Bertz CT molecular complexity index is 232. The fourth-order valence-electron chi connectivity index (χ4n) is 2.12. The molecule has 0 bridgehead atoms. The first kappa shape index (κ1) is 14.5. The predicted octanol–water partition coefficient (Wildman–Crippen LogP) is 0.335. The number of piperidine rings is 1. The molecule has 1 N–H and O–H groups in total. The number of hydrogen-bond donors (Lipinski definition) is 1. The minimum absolute atomic E-state index is 0.142. The Hall–Kier alpha value is -0.600. The molecule has 1 saturated heterocycles. The molecule has 1 atom stereocenters. The van der Waals surface area contributed by atoms with Crippen molar-refractivity contribution in [2.24, 2.45) is 0 Å². The monoisotopic (exact) mass is 240 g/mol. The summed E-state index contributed by atoms with van der Waals surface area (Å²) < 4.78 is 10.4. The second kappa shape index (κ2) is 8.48. The number of nitrogens with one attached hydrogen (secondary N) is 1. The molecule has 0 radical (unpaired) electrons. The van der Waals surface area contributed by atoms with Gasteiger partial charge in [-0.2, -0.15) is 0 Å². The molecular weight excluding hydrogens is 216 g/mol. The summed E-state index contributed by atoms with van der Waals surface area (Å²) in [5.41, 5.74) is 0. The molecule has 4 nitrogen and oxygen atoms in total. The second-order valence-corrected chi connectivity index (χ2v) is 4.48. The first-order valence-electron chi connectivity index (χ1n) is 6.21. The van der Waals surface area contributed by atoms with Crippen LogP contribution in [0.25, 0.3) is 0 Å². The Morgan fingerprint density at radius 1 is 1.41 bits per heavy atom. The first-order chi connectivity index (χ1) is 8.30. The molecule has 0 spiro atoms. The maximum atomic E-state index is 5.32. The van der Waals surface area contributed by atoms with E-state index in [4.69, 9.17) is 15.9 Å². The van der Waals surface area contributed by atoms with Crippen LogP contribution in [-0.2, 0) is 9.47 Å². The van der Waals surface area contributed by atoms with Gasteiger partial charge in [-0.25, -0.2) is 0 Å². The van der Waals surface area contributed by atoms with E-state index in [0.29, 0.717) is 12.6 Å². The zero-order chi connectivity index (χ0) is 12.5. The average Bonchev–Trinajstić information content (AvgIpc) is 2.36. The standard InChI is InChI=1S/C13H24N2O2/c1-4-7-15-8-5-12(6-9-15)14-10-13(17-3)11-16-2/h1,12-14H,5-11H2,2-3H3. The van der Waals surface area contributed by atoms with Gasteiger partial charge in [-0.1, -0.05) is 5.92 Å². The van der Waals surface area contributed by atoms with Crippen molar-refractivity contribution in [1.82, 2.24) is 10.2 Å². The summed E-state index contributed by atoms with van der Waals surface area (Å²) >= 11 is 0. The lowest BCUT2D eigenvalue weighted by molar-refractivity contribution is 0.0259. The lowest BCUT2D eigenvalue weighted by Crippen LogP contribution is -2.45. The summed E-state index contributed by atoms with van der Waals surface area (Å²) in [6.45, 7) is 4.44. The molecule has 0 aliphatic carbocycles. The van der Waals surface area contributed by atoms with Gasteiger partial charge in [-0.05, 0) is 12.8 Å². The SMILES string of the molecule is C#CCN1CCC(NCC(COC)OC)CC1. The van der Waals surface area contributed by atoms with Crippen LogP contribution in [0.1, 0.15) is 12.8 Å². The molecule has 0 saturated carbocycles. The lowest BCUT2D eigenvalue weighted by Gasteiger charge is -2.31. The number of rotatable bonds is 7. The highest BCUT2D eigenvalue weighted by Crippen LogP contribution is 2.09. The van der Waals surface area contributed by atoms with Crippen LogP contribution in [-0.4, -0.2) is 64.1 Å². The van der Waals surface area contributed by atoms with Gasteiger partial charge in [-0.3, -0.25) is 4.90 Å². The summed E-state index contributed by atoms with van der Waals surface area (Å²) in [6.07, 6.45) is 7.76. The molecule has 1 fully saturated rings. The van der Waals surface area contributed by atoms with E-state index in [0.717, 1.165) is 39.0 Å². The average molecular weight is 240 g/mol. The molecule has 0 aromatic rings. The van der Waals surface area contributed by atoms with Crippen molar-refractivity contribution < 1.29 is 9.47 Å². The van der Waals surface area contributed by atoms with Crippen LogP contribution < -0.4 is 5.32 Å². The molecule has 98 valence electrons. The number of terminal acetylenes is 1. The van der Waals surface area contributed by atoms with Crippen LogP contribution in [0.15, 0.2) is 0 Å². The number of likely N-dealkylation sites (tertiary alicyclic amines) is 1. The van der Waals surface area contributed by atoms with Crippen molar-refractivity contribution in [2.45, 2.75) is 25.0 Å². The van der Waals surface area contributed by atoms with Crippen molar-refractivity contribution >= 4 is 0 Å². The summed E-state index contributed by atoms with van der Waals surface area (Å²) in [7, 11) is 3.42. The van der Waals surface area contributed by atoms with Gasteiger partial charge >= 0.3 is 0 Å². The van der Waals surface area contributed by atoms with Gasteiger partial charge in [-0.15, -0.1) is 6.42 Å². The van der Waals surface area contributed by atoms with Crippen LogP contribution in [0.2, 0.25) is 0 Å². The highest BCUT2D eigenvalue weighted by atomic mass is 16.5. The minimum atomic E-state index is 0.142. The Kier molecular flexibility index (Phi) is 7.22. The molecule has 0 aromatic carbocycles. The van der Waals surface area contributed by atoms with Crippen molar-refractivity contribution in [3.05, 3.63) is 0 Å². The number of methoxy groups -OCH3 is 2. The third kappa shape index (κ3) is 5.51. The maximum absolute atomic E-state index is 5.32. The highest BCUT2D eigenvalue weighted by Gasteiger charge is 2.19. The van der Waals surface area contributed by atoms with Crippen molar-refractivity contribution in [1.29, 1.82) is 0 Å². The summed E-state index contributed by atoms with van der Waals surface area (Å²) in [5.74, 6) is 2.70. The van der Waals surface area contributed by atoms with Crippen LogP contribution in [0.4, 0.5) is 0 Å². The number of hydrogen-bond acceptors (Lipinski definition) is 4. The van der Waals surface area contributed by atoms with Gasteiger partial charge < -0.3 is 14.8 Å². The van der Waals surface area contributed by atoms with E-state index >= 15 is 0 Å². The summed E-state index contributed by atoms with van der Waals surface area (Å²) in [6, 6.07) is 0.582. The van der Waals surface area contributed by atoms with E-state index in [9.17, 15) is 0 Å². The quantitative estimate of drug-likeness (QED) is 0.651. The number of ether oxygens (including phenoxy) is 2. The van der Waals surface area contributed by atoms with Gasteiger partial charge in [0.2, 0.25) is 0 Å². The van der Waals surface area contributed by atoms with Crippen LogP contribution >= 0.6 is 0 Å². The van der Waals surface area contributed by atoms with Gasteiger partial charge in [0.25, 0.3) is 0 Å². The van der Waals surface area contributed by atoms with Crippen molar-refractivity contribution in [2.75, 3.05) is 47.0 Å². The maximum Gasteiger partial charge on any atom is 0.0928 e. The van der Waals surface area contributed by atoms with Crippen molar-refractivity contribution in [3.8, 4) is 12.3 Å². The van der Waals surface area contributed by atoms with Gasteiger partial charge in [0, 0.05) is 39.9 Å². The normalized spacial score (nSPS) is 20.1. The highest BCUT2D eigenvalue weighted by molar-refractivity contribution is 4.90. The van der Waals surface area contributed by atoms with Gasteiger partial charge in [0.1, 0.15) is 0 Å². The lowest BCUT2D eigenvalue weighted by atomic mass is 10.0. The van der Waals surface area contributed by atoms with E-state index in [-0.39, 0.29) is 6.10 Å². The third-order valence-electron chi connectivity index (χ3n) is 3.22. The minimum Gasteiger partial charge on any atom is -0.382 e. The van der Waals surface area contributed by atoms with Crippen molar-refractivity contribution in [3.63, 3.8) is 0 Å². The van der Waals surface area contributed by atoms with E-state index in [1.807, 2.05) is 0 Å². The summed E-state index contributed by atoms with van der Waals surface area (Å²) in [4.78, 5) is 2.32. The molecule has 1 aliphatic rings. The Morgan fingerprint density at radius 3 is 2.65 bits per heavy atom. The zero-order valence-corrected chi connectivity index (χ0v) is 10.9. The van der Waals surface area contributed by atoms with Crippen LogP contribution in [0.3, 0.4) is 0 Å². The molecule has 1 aliphatic heterocycles. The molecule has 4 heteroatoms. The largest absolute Gasteiger partial charge is 0.382 e. The van der Waals surface area contributed by atoms with Crippen LogP contribution in [0.5, 0.6) is 0 Å². The fraction of sp³-hybridized carbons (Fsp3) is 0.846. The van der Waals surface area contributed by atoms with Gasteiger partial charge in [0.05, 0.1) is 19.3 Å². The first-order valence-corrected chi connectivity index (χ1v) is 6.21. The third-order valence-corrected chi connectivity index (χ3v) is 3.22. The topological polar surface area (TPSA) is 33.7 Å². The van der Waals surface area contributed by atoms with E-state index in [1.165, 1.54) is 0 Å². The molecule has 1 rings (SSSR count). The molecule has 1 heterocycles. The molecule has 0 aromatic heterocycles. The number of nitrogens with zero attached hydrogens (tertiary/aromatic N) is 1. The van der Waals surface area contributed by atoms with E-state index in [1.54, 1.807) is 14.2 Å². The Balaban J connectivity index is 2.15. The molecule has 17 heavy (non-hydrogen) atoms.